The molecule has 0 aromatic carbocycles. The molecule has 0 atom stereocenters. The van der Waals surface area contributed by atoms with E-state index in [0.717, 1.165) is 18.8 Å². The summed E-state index contributed by atoms with van der Waals surface area (Å²) in [5.41, 5.74) is 2.72. The van der Waals surface area contributed by atoms with E-state index in [1.165, 1.54) is 31.2 Å². The Kier molecular flexibility index (Phi) is 4.36. The monoisotopic (exact) mass is 247 g/mol. The average Bonchev–Trinajstić information content (AvgIpc) is 2.82. The van der Waals surface area contributed by atoms with Gasteiger partial charge in [-0.1, -0.05) is 18.9 Å². The van der Waals surface area contributed by atoms with Gasteiger partial charge in [-0.15, -0.1) is 0 Å². The van der Waals surface area contributed by atoms with Gasteiger partial charge >= 0.3 is 0 Å². The molecule has 1 fully saturated rings. The van der Waals surface area contributed by atoms with Gasteiger partial charge in [0.15, 0.2) is 0 Å². The first-order valence-electron chi connectivity index (χ1n) is 6.92. The number of nitrogens with zero attached hydrogens (tertiary/aromatic N) is 2. The van der Waals surface area contributed by atoms with Crippen LogP contribution in [-0.2, 0) is 6.54 Å². The second kappa shape index (κ2) is 5.81. The van der Waals surface area contributed by atoms with Crippen LogP contribution in [0.1, 0.15) is 36.9 Å². The number of hydrogen-bond donors (Lipinski definition) is 1. The van der Waals surface area contributed by atoms with Crippen LogP contribution in [-0.4, -0.2) is 36.1 Å². The molecule has 3 nitrogen and oxygen atoms in total. The molecule has 3 heteroatoms. The van der Waals surface area contributed by atoms with Crippen molar-refractivity contribution in [1.82, 2.24) is 15.2 Å². The van der Waals surface area contributed by atoms with Gasteiger partial charge in [0.25, 0.3) is 0 Å². The molecule has 0 unspecified atom stereocenters. The van der Waals surface area contributed by atoms with E-state index in [9.17, 15) is 0 Å². The lowest BCUT2D eigenvalue weighted by molar-refractivity contribution is 0.153. The maximum Gasteiger partial charge on any atom is 0.0541 e. The normalized spacial score (nSPS) is 18.4. The van der Waals surface area contributed by atoms with Crippen molar-refractivity contribution in [3.63, 3.8) is 0 Å². The molecule has 1 aromatic rings. The molecular weight excluding hydrogens is 222 g/mol. The molecule has 0 saturated heterocycles. The maximum atomic E-state index is 4.43. The number of hydrogen-bond acceptors (Lipinski definition) is 3. The van der Waals surface area contributed by atoms with Crippen LogP contribution in [0.4, 0.5) is 0 Å². The minimum atomic E-state index is 0.366. The van der Waals surface area contributed by atoms with Crippen LogP contribution < -0.4 is 5.32 Å². The SMILES string of the molecule is Cc1ccc(CNCC2(N(C)C)CCCC2)nc1. The summed E-state index contributed by atoms with van der Waals surface area (Å²) >= 11 is 0. The van der Waals surface area contributed by atoms with Gasteiger partial charge < -0.3 is 10.2 Å². The summed E-state index contributed by atoms with van der Waals surface area (Å²) in [5, 5.41) is 3.58. The Morgan fingerprint density at radius 1 is 1.28 bits per heavy atom. The highest BCUT2D eigenvalue weighted by atomic mass is 15.2. The quantitative estimate of drug-likeness (QED) is 0.865. The predicted molar refractivity (Wildman–Crippen MR) is 75.6 cm³/mol. The van der Waals surface area contributed by atoms with Crippen LogP contribution in [0.5, 0.6) is 0 Å². The van der Waals surface area contributed by atoms with Crippen LogP contribution in [0, 0.1) is 6.92 Å². The number of aryl methyl sites for hydroxylation is 1. The zero-order chi connectivity index (χ0) is 13.0. The fourth-order valence-corrected chi connectivity index (χ4v) is 2.84. The lowest BCUT2D eigenvalue weighted by atomic mass is 9.96. The topological polar surface area (TPSA) is 28.2 Å². The average molecular weight is 247 g/mol. The summed E-state index contributed by atoms with van der Waals surface area (Å²) in [6.07, 6.45) is 7.29. The number of likely N-dealkylation sites (N-methyl/N-ethyl adjacent to an activating group) is 1. The fraction of sp³-hybridized carbons (Fsp3) is 0.667. The Bertz CT molecular complexity index is 364. The highest BCUT2D eigenvalue weighted by Crippen LogP contribution is 2.33. The van der Waals surface area contributed by atoms with Gasteiger partial charge in [-0.3, -0.25) is 4.98 Å². The lowest BCUT2D eigenvalue weighted by Crippen LogP contribution is -2.49. The molecule has 1 aromatic heterocycles. The zero-order valence-corrected chi connectivity index (χ0v) is 11.9. The molecule has 0 amide bonds. The summed E-state index contributed by atoms with van der Waals surface area (Å²) in [5.74, 6) is 0. The minimum Gasteiger partial charge on any atom is -0.309 e. The molecule has 0 bridgehead atoms. The van der Waals surface area contributed by atoms with E-state index in [4.69, 9.17) is 0 Å². The number of aromatic nitrogens is 1. The van der Waals surface area contributed by atoms with Crippen molar-refractivity contribution in [2.75, 3.05) is 20.6 Å². The highest BCUT2D eigenvalue weighted by molar-refractivity contribution is 5.12. The van der Waals surface area contributed by atoms with E-state index in [0.29, 0.717) is 5.54 Å². The standard InChI is InChI=1S/C15H25N3/c1-13-6-7-14(17-10-13)11-16-12-15(18(2)3)8-4-5-9-15/h6-7,10,16H,4-5,8-9,11-12H2,1-3H3. The summed E-state index contributed by atoms with van der Waals surface area (Å²) in [6, 6.07) is 4.24. The summed E-state index contributed by atoms with van der Waals surface area (Å²) in [7, 11) is 4.41. The molecule has 0 spiro atoms. The van der Waals surface area contributed by atoms with E-state index in [1.54, 1.807) is 0 Å². The third-order valence-corrected chi connectivity index (χ3v) is 4.22. The number of nitrogens with one attached hydrogen (secondary N) is 1. The zero-order valence-electron chi connectivity index (χ0n) is 11.9. The molecule has 0 radical (unpaired) electrons. The number of pyridine rings is 1. The fourth-order valence-electron chi connectivity index (χ4n) is 2.84. The van der Waals surface area contributed by atoms with Crippen LogP contribution in [0.25, 0.3) is 0 Å². The predicted octanol–water partition coefficient (Wildman–Crippen LogP) is 2.35. The van der Waals surface area contributed by atoms with E-state index in [2.05, 4.69) is 48.4 Å². The van der Waals surface area contributed by atoms with Gasteiger partial charge in [0.1, 0.15) is 0 Å². The van der Waals surface area contributed by atoms with Gasteiger partial charge in [-0.25, -0.2) is 0 Å². The summed E-state index contributed by atoms with van der Waals surface area (Å²) in [4.78, 5) is 6.83. The van der Waals surface area contributed by atoms with Crippen molar-refractivity contribution in [2.45, 2.75) is 44.7 Å². The molecule has 1 aliphatic carbocycles. The molecule has 100 valence electrons. The smallest absolute Gasteiger partial charge is 0.0541 e. The summed E-state index contributed by atoms with van der Waals surface area (Å²) < 4.78 is 0. The molecule has 1 heterocycles. The Morgan fingerprint density at radius 3 is 2.56 bits per heavy atom. The first kappa shape index (κ1) is 13.5. The second-order valence-electron chi connectivity index (χ2n) is 5.76. The largest absolute Gasteiger partial charge is 0.309 e. The maximum absolute atomic E-state index is 4.43. The molecule has 0 aliphatic heterocycles. The third-order valence-electron chi connectivity index (χ3n) is 4.22. The minimum absolute atomic E-state index is 0.366. The Labute approximate surface area is 111 Å². The molecule has 18 heavy (non-hydrogen) atoms. The lowest BCUT2D eigenvalue weighted by Gasteiger charge is -2.36. The first-order chi connectivity index (χ1) is 8.62. The molecule has 1 aliphatic rings. The number of rotatable bonds is 5. The van der Waals surface area contributed by atoms with Crippen LogP contribution >= 0.6 is 0 Å². The van der Waals surface area contributed by atoms with Gasteiger partial charge in [0.05, 0.1) is 5.69 Å². The van der Waals surface area contributed by atoms with Crippen LogP contribution in [0.3, 0.4) is 0 Å². The molecule has 1 N–H and O–H groups in total. The molecule has 1 saturated carbocycles. The van der Waals surface area contributed by atoms with Gasteiger partial charge in [-0.2, -0.15) is 0 Å². The van der Waals surface area contributed by atoms with Crippen LogP contribution in [0.15, 0.2) is 18.3 Å². The first-order valence-corrected chi connectivity index (χ1v) is 6.92. The van der Waals surface area contributed by atoms with Crippen molar-refractivity contribution in [2.24, 2.45) is 0 Å². The molecule has 2 rings (SSSR count). The van der Waals surface area contributed by atoms with Gasteiger partial charge in [0.2, 0.25) is 0 Å². The molecular formula is C15H25N3. The highest BCUT2D eigenvalue weighted by Gasteiger charge is 2.35. The van der Waals surface area contributed by atoms with Gasteiger partial charge in [-0.05, 0) is 45.5 Å². The van der Waals surface area contributed by atoms with Crippen molar-refractivity contribution in [1.29, 1.82) is 0 Å². The third kappa shape index (κ3) is 3.09. The van der Waals surface area contributed by atoms with Crippen molar-refractivity contribution in [3.05, 3.63) is 29.6 Å². The second-order valence-corrected chi connectivity index (χ2v) is 5.76. The summed E-state index contributed by atoms with van der Waals surface area (Å²) in [6.45, 7) is 4.01. The van der Waals surface area contributed by atoms with E-state index >= 15 is 0 Å². The van der Waals surface area contributed by atoms with Crippen molar-refractivity contribution < 1.29 is 0 Å². The van der Waals surface area contributed by atoms with Crippen molar-refractivity contribution >= 4 is 0 Å². The van der Waals surface area contributed by atoms with Crippen molar-refractivity contribution in [3.8, 4) is 0 Å². The van der Waals surface area contributed by atoms with E-state index < -0.39 is 0 Å². The van der Waals surface area contributed by atoms with Gasteiger partial charge in [0, 0.05) is 24.8 Å². The van der Waals surface area contributed by atoms with E-state index in [-0.39, 0.29) is 0 Å². The Balaban J connectivity index is 1.85. The van der Waals surface area contributed by atoms with E-state index in [1.807, 2.05) is 6.20 Å². The Hall–Kier alpha value is -0.930. The Morgan fingerprint density at radius 2 is 2.00 bits per heavy atom. The van der Waals surface area contributed by atoms with Crippen LogP contribution in [0.2, 0.25) is 0 Å².